The van der Waals surface area contributed by atoms with Gasteiger partial charge >= 0.3 is 6.09 Å². The molecule has 0 fully saturated rings. The highest BCUT2D eigenvalue weighted by Crippen LogP contribution is 2.14. The van der Waals surface area contributed by atoms with Crippen molar-refractivity contribution in [3.63, 3.8) is 0 Å². The number of rotatable bonds is 4. The predicted molar refractivity (Wildman–Crippen MR) is 67.9 cm³/mol. The first-order chi connectivity index (χ1) is 7.90. The Kier molecular flexibility index (Phi) is 4.71. The van der Waals surface area contributed by atoms with E-state index in [0.29, 0.717) is 11.7 Å². The number of ether oxygens (including phenoxy) is 1. The highest BCUT2D eigenvalue weighted by atomic mass is 32.1. The molecule has 0 spiro atoms. The van der Waals surface area contributed by atoms with Crippen molar-refractivity contribution in [2.75, 3.05) is 12.0 Å². The standard InChI is InChI=1S/C10H18N4O2S/c1-10(2,3)16-9(15)14-13-8-12-7(4-5-11)6-17-8/h6H,4-5,11H2,1-3H3,(H,12,13)(H,14,15). The highest BCUT2D eigenvalue weighted by molar-refractivity contribution is 7.13. The Morgan fingerprint density at radius 3 is 2.88 bits per heavy atom. The molecular formula is C10H18N4O2S. The summed E-state index contributed by atoms with van der Waals surface area (Å²) in [6, 6.07) is 0. The minimum absolute atomic E-state index is 0.515. The lowest BCUT2D eigenvalue weighted by molar-refractivity contribution is 0.0541. The van der Waals surface area contributed by atoms with E-state index in [1.807, 2.05) is 5.38 Å². The summed E-state index contributed by atoms with van der Waals surface area (Å²) in [4.78, 5) is 15.6. The van der Waals surface area contributed by atoms with Crippen LogP contribution in [-0.4, -0.2) is 23.2 Å². The molecule has 96 valence electrons. The van der Waals surface area contributed by atoms with E-state index < -0.39 is 11.7 Å². The summed E-state index contributed by atoms with van der Waals surface area (Å²) in [6.07, 6.45) is 0.193. The molecule has 1 aromatic rings. The van der Waals surface area contributed by atoms with Gasteiger partial charge in [-0.05, 0) is 27.3 Å². The Bertz CT molecular complexity index is 373. The number of carbonyl (C=O) groups is 1. The zero-order chi connectivity index (χ0) is 12.9. The van der Waals surface area contributed by atoms with Crippen LogP contribution in [0.25, 0.3) is 0 Å². The molecule has 1 rings (SSSR count). The maximum absolute atomic E-state index is 11.3. The molecule has 0 bridgehead atoms. The minimum Gasteiger partial charge on any atom is -0.443 e. The summed E-state index contributed by atoms with van der Waals surface area (Å²) >= 11 is 1.40. The van der Waals surface area contributed by atoms with Crippen molar-refractivity contribution in [1.82, 2.24) is 10.4 Å². The van der Waals surface area contributed by atoms with Crippen molar-refractivity contribution >= 4 is 22.6 Å². The lowest BCUT2D eigenvalue weighted by Gasteiger charge is -2.19. The van der Waals surface area contributed by atoms with Crippen molar-refractivity contribution in [2.45, 2.75) is 32.8 Å². The van der Waals surface area contributed by atoms with Crippen LogP contribution in [0, 0.1) is 0 Å². The van der Waals surface area contributed by atoms with Gasteiger partial charge in [-0.15, -0.1) is 11.3 Å². The first-order valence-electron chi connectivity index (χ1n) is 5.30. The second-order valence-corrected chi connectivity index (χ2v) is 5.29. The molecule has 0 saturated heterocycles. The Morgan fingerprint density at radius 2 is 2.29 bits per heavy atom. The van der Waals surface area contributed by atoms with E-state index in [-0.39, 0.29) is 0 Å². The number of nitrogens with one attached hydrogen (secondary N) is 2. The molecule has 0 aliphatic carbocycles. The minimum atomic E-state index is -0.534. The number of hydrogen-bond donors (Lipinski definition) is 3. The molecule has 1 heterocycles. The number of hydrazine groups is 1. The Labute approximate surface area is 105 Å². The molecule has 4 N–H and O–H groups in total. The van der Waals surface area contributed by atoms with Gasteiger partial charge in [-0.1, -0.05) is 0 Å². The maximum atomic E-state index is 11.3. The van der Waals surface area contributed by atoms with E-state index in [1.165, 1.54) is 11.3 Å². The Morgan fingerprint density at radius 1 is 1.59 bits per heavy atom. The first kappa shape index (κ1) is 13.7. The van der Waals surface area contributed by atoms with Crippen LogP contribution in [0.15, 0.2) is 5.38 Å². The summed E-state index contributed by atoms with van der Waals surface area (Å²) in [5, 5.41) is 2.51. The van der Waals surface area contributed by atoms with Crippen LogP contribution >= 0.6 is 11.3 Å². The predicted octanol–water partition coefficient (Wildman–Crippen LogP) is 1.50. The molecular weight excluding hydrogens is 240 g/mol. The van der Waals surface area contributed by atoms with E-state index in [1.54, 1.807) is 20.8 Å². The number of hydrogen-bond acceptors (Lipinski definition) is 6. The van der Waals surface area contributed by atoms with Gasteiger partial charge < -0.3 is 10.5 Å². The highest BCUT2D eigenvalue weighted by Gasteiger charge is 2.15. The normalized spacial score (nSPS) is 11.1. The molecule has 0 unspecified atom stereocenters. The monoisotopic (exact) mass is 258 g/mol. The number of thiazole rings is 1. The van der Waals surface area contributed by atoms with Gasteiger partial charge in [-0.2, -0.15) is 0 Å². The summed E-state index contributed by atoms with van der Waals surface area (Å²) < 4.78 is 5.06. The van der Waals surface area contributed by atoms with Crippen LogP contribution in [0.3, 0.4) is 0 Å². The molecule has 0 aliphatic heterocycles. The van der Waals surface area contributed by atoms with Crippen molar-refractivity contribution in [2.24, 2.45) is 5.73 Å². The number of aromatic nitrogens is 1. The second kappa shape index (κ2) is 5.83. The number of carbonyl (C=O) groups excluding carboxylic acids is 1. The SMILES string of the molecule is CC(C)(C)OC(=O)NNc1nc(CCN)cs1. The molecule has 0 atom stereocenters. The number of nitrogens with two attached hydrogens (primary N) is 1. The van der Waals surface area contributed by atoms with E-state index in [2.05, 4.69) is 15.8 Å². The molecule has 0 saturated carbocycles. The van der Waals surface area contributed by atoms with Gasteiger partial charge in [0.25, 0.3) is 0 Å². The third-order valence-electron chi connectivity index (χ3n) is 1.62. The van der Waals surface area contributed by atoms with Gasteiger partial charge in [0.15, 0.2) is 0 Å². The summed E-state index contributed by atoms with van der Waals surface area (Å²) in [6.45, 7) is 5.96. The smallest absolute Gasteiger partial charge is 0.426 e. The average Bonchev–Trinajstić information content (AvgIpc) is 2.61. The average molecular weight is 258 g/mol. The fraction of sp³-hybridized carbons (Fsp3) is 0.600. The molecule has 1 aromatic heterocycles. The molecule has 7 heteroatoms. The second-order valence-electron chi connectivity index (χ2n) is 4.43. The van der Waals surface area contributed by atoms with Crippen molar-refractivity contribution in [3.05, 3.63) is 11.1 Å². The Balaban J connectivity index is 2.37. The van der Waals surface area contributed by atoms with Gasteiger partial charge in [0.2, 0.25) is 5.13 Å². The van der Waals surface area contributed by atoms with Gasteiger partial charge in [-0.25, -0.2) is 15.2 Å². The van der Waals surface area contributed by atoms with Crippen molar-refractivity contribution in [1.29, 1.82) is 0 Å². The zero-order valence-electron chi connectivity index (χ0n) is 10.2. The van der Waals surface area contributed by atoms with Crippen LogP contribution in [0.2, 0.25) is 0 Å². The fourth-order valence-electron chi connectivity index (χ4n) is 1.04. The number of amides is 1. The van der Waals surface area contributed by atoms with E-state index >= 15 is 0 Å². The van der Waals surface area contributed by atoms with Crippen LogP contribution < -0.4 is 16.6 Å². The molecule has 1 amide bonds. The van der Waals surface area contributed by atoms with E-state index in [4.69, 9.17) is 10.5 Å². The van der Waals surface area contributed by atoms with E-state index in [0.717, 1.165) is 12.1 Å². The van der Waals surface area contributed by atoms with Gasteiger partial charge in [0, 0.05) is 11.8 Å². The quantitative estimate of drug-likeness (QED) is 0.712. The number of nitrogens with zero attached hydrogens (tertiary/aromatic N) is 1. The van der Waals surface area contributed by atoms with Crippen LogP contribution in [0.4, 0.5) is 9.93 Å². The first-order valence-corrected chi connectivity index (χ1v) is 6.18. The Hall–Kier alpha value is -1.34. The molecule has 6 nitrogen and oxygen atoms in total. The van der Waals surface area contributed by atoms with Crippen LogP contribution in [-0.2, 0) is 11.2 Å². The van der Waals surface area contributed by atoms with Crippen molar-refractivity contribution < 1.29 is 9.53 Å². The maximum Gasteiger partial charge on any atom is 0.426 e. The largest absolute Gasteiger partial charge is 0.443 e. The van der Waals surface area contributed by atoms with Gasteiger partial charge in [-0.3, -0.25) is 5.43 Å². The topological polar surface area (TPSA) is 89.3 Å². The van der Waals surface area contributed by atoms with Crippen LogP contribution in [0.1, 0.15) is 26.5 Å². The lowest BCUT2D eigenvalue weighted by atomic mass is 10.2. The molecule has 0 aliphatic rings. The molecule has 0 radical (unpaired) electrons. The van der Waals surface area contributed by atoms with Gasteiger partial charge in [0.05, 0.1) is 5.69 Å². The van der Waals surface area contributed by atoms with E-state index in [9.17, 15) is 4.79 Å². The van der Waals surface area contributed by atoms with Crippen molar-refractivity contribution in [3.8, 4) is 0 Å². The summed E-state index contributed by atoms with van der Waals surface area (Å²) in [5.41, 5.74) is 10.9. The fourth-order valence-corrected chi connectivity index (χ4v) is 1.73. The van der Waals surface area contributed by atoms with Gasteiger partial charge in [0.1, 0.15) is 5.60 Å². The third kappa shape index (κ3) is 5.50. The zero-order valence-corrected chi connectivity index (χ0v) is 11.1. The lowest BCUT2D eigenvalue weighted by Crippen LogP contribution is -2.35. The molecule has 17 heavy (non-hydrogen) atoms. The summed E-state index contributed by atoms with van der Waals surface area (Å²) in [5.74, 6) is 0. The van der Waals surface area contributed by atoms with Crippen LogP contribution in [0.5, 0.6) is 0 Å². The summed E-state index contributed by atoms with van der Waals surface area (Å²) in [7, 11) is 0. The molecule has 0 aromatic carbocycles. The number of anilines is 1. The third-order valence-corrected chi connectivity index (χ3v) is 2.43.